The number of anilines is 1. The molecule has 1 N–H and O–H groups in total. The minimum Gasteiger partial charge on any atom is -0.486 e. The first-order valence-corrected chi connectivity index (χ1v) is 14.7. The number of benzene rings is 3. The van der Waals surface area contributed by atoms with Crippen LogP contribution in [0.1, 0.15) is 28.1 Å². The van der Waals surface area contributed by atoms with Crippen LogP contribution in [0, 0.1) is 33.5 Å². The Morgan fingerprint density at radius 1 is 0.952 bits per heavy atom. The van der Waals surface area contributed by atoms with Crippen LogP contribution in [0.15, 0.2) is 76.7 Å². The summed E-state index contributed by atoms with van der Waals surface area (Å²) < 4.78 is 55.1. The van der Waals surface area contributed by atoms with E-state index in [9.17, 15) is 17.6 Å². The minimum absolute atomic E-state index is 0.105. The van der Waals surface area contributed by atoms with E-state index in [4.69, 9.17) is 9.47 Å². The van der Waals surface area contributed by atoms with Crippen LogP contribution in [0.3, 0.4) is 0 Å². The van der Waals surface area contributed by atoms with E-state index >= 15 is 0 Å². The topological polar surface area (TPSA) is 102 Å². The highest BCUT2D eigenvalue weighted by Gasteiger charge is 2.29. The smallest absolute Gasteiger partial charge is 0.264 e. The molecular formula is C31H31FN4O5S. The number of aryl methyl sites for hydroxylation is 3. The molecule has 3 aromatic carbocycles. The second-order valence-electron chi connectivity index (χ2n) is 10.0. The number of hydrogen-bond donors (Lipinski definition) is 1. The summed E-state index contributed by atoms with van der Waals surface area (Å²) in [6.45, 7) is 8.12. The highest BCUT2D eigenvalue weighted by atomic mass is 32.2. The molecule has 5 rings (SSSR count). The number of nitrogens with zero attached hydrogens (tertiary/aromatic N) is 3. The van der Waals surface area contributed by atoms with Gasteiger partial charge in [0.05, 0.1) is 16.8 Å². The first-order chi connectivity index (χ1) is 20.0. The summed E-state index contributed by atoms with van der Waals surface area (Å²) in [6.07, 6.45) is 1.52. The molecule has 9 nitrogen and oxygen atoms in total. The van der Waals surface area contributed by atoms with Crippen molar-refractivity contribution < 1.29 is 27.1 Å². The molecule has 1 amide bonds. The van der Waals surface area contributed by atoms with E-state index in [2.05, 4.69) is 47.1 Å². The van der Waals surface area contributed by atoms with Crippen molar-refractivity contribution in [3.63, 3.8) is 0 Å². The van der Waals surface area contributed by atoms with Crippen LogP contribution >= 0.6 is 0 Å². The predicted molar refractivity (Wildman–Crippen MR) is 159 cm³/mol. The Morgan fingerprint density at radius 2 is 1.67 bits per heavy atom. The van der Waals surface area contributed by atoms with Crippen molar-refractivity contribution in [2.75, 3.05) is 24.1 Å². The zero-order chi connectivity index (χ0) is 30.0. The average molecular weight is 591 g/mol. The maximum Gasteiger partial charge on any atom is 0.264 e. The Morgan fingerprint density at radius 3 is 2.38 bits per heavy atom. The van der Waals surface area contributed by atoms with Gasteiger partial charge in [0.1, 0.15) is 25.6 Å². The lowest BCUT2D eigenvalue weighted by molar-refractivity contribution is -0.119. The van der Waals surface area contributed by atoms with Crippen LogP contribution in [0.5, 0.6) is 11.5 Å². The van der Waals surface area contributed by atoms with Crippen molar-refractivity contribution >= 4 is 27.8 Å². The number of ether oxygens (including phenoxy) is 2. The van der Waals surface area contributed by atoms with Crippen molar-refractivity contribution in [1.29, 1.82) is 0 Å². The second-order valence-corrected chi connectivity index (χ2v) is 11.9. The van der Waals surface area contributed by atoms with Gasteiger partial charge < -0.3 is 14.0 Å². The van der Waals surface area contributed by atoms with Crippen LogP contribution in [-0.4, -0.2) is 44.9 Å². The first kappa shape index (κ1) is 28.9. The largest absolute Gasteiger partial charge is 0.486 e. The summed E-state index contributed by atoms with van der Waals surface area (Å²) >= 11 is 0. The van der Waals surface area contributed by atoms with Crippen molar-refractivity contribution in [2.24, 2.45) is 5.10 Å². The number of hydrazone groups is 1. The van der Waals surface area contributed by atoms with E-state index in [-0.39, 0.29) is 22.9 Å². The summed E-state index contributed by atoms with van der Waals surface area (Å²) in [5.41, 5.74) is 8.67. The van der Waals surface area contributed by atoms with Crippen LogP contribution in [-0.2, 0) is 14.8 Å². The lowest BCUT2D eigenvalue weighted by Crippen LogP contribution is -2.39. The zero-order valence-corrected chi connectivity index (χ0v) is 24.5. The van der Waals surface area contributed by atoms with Gasteiger partial charge in [-0.15, -0.1) is 0 Å². The van der Waals surface area contributed by atoms with E-state index in [1.165, 1.54) is 47.7 Å². The highest BCUT2D eigenvalue weighted by Crippen LogP contribution is 2.34. The number of fused-ring (bicyclic) bond motifs is 1. The van der Waals surface area contributed by atoms with Crippen LogP contribution < -0.4 is 19.2 Å². The number of aromatic nitrogens is 1. The van der Waals surface area contributed by atoms with Crippen LogP contribution in [0.4, 0.5) is 10.1 Å². The van der Waals surface area contributed by atoms with Gasteiger partial charge in [-0.1, -0.05) is 6.07 Å². The van der Waals surface area contributed by atoms with Gasteiger partial charge in [0.25, 0.3) is 15.9 Å². The molecule has 218 valence electrons. The maximum atomic E-state index is 13.7. The summed E-state index contributed by atoms with van der Waals surface area (Å²) in [6, 6.07) is 17.3. The lowest BCUT2D eigenvalue weighted by Gasteiger charge is -2.25. The van der Waals surface area contributed by atoms with E-state index < -0.39 is 28.3 Å². The number of hydrogen-bond acceptors (Lipinski definition) is 6. The Kier molecular flexibility index (Phi) is 8.04. The van der Waals surface area contributed by atoms with Crippen molar-refractivity contribution in [3.8, 4) is 17.2 Å². The fourth-order valence-corrected chi connectivity index (χ4v) is 6.19. The first-order valence-electron chi connectivity index (χ1n) is 13.3. The molecule has 1 aliphatic heterocycles. The molecule has 0 unspecified atom stereocenters. The fraction of sp³-hybridized carbons (Fsp3) is 0.226. The maximum absolute atomic E-state index is 13.7. The Hall–Kier alpha value is -4.64. The number of carbonyl (C=O) groups is 1. The molecule has 0 atom stereocenters. The Labute approximate surface area is 244 Å². The quantitative estimate of drug-likeness (QED) is 0.231. The summed E-state index contributed by atoms with van der Waals surface area (Å²) in [5, 5.41) is 4.10. The van der Waals surface area contributed by atoms with Crippen molar-refractivity contribution in [2.45, 2.75) is 32.6 Å². The van der Waals surface area contributed by atoms with Gasteiger partial charge in [-0.05, 0) is 93.4 Å². The molecule has 0 saturated carbocycles. The Balaban J connectivity index is 1.37. The summed E-state index contributed by atoms with van der Waals surface area (Å²) in [5.74, 6) is -0.506. The molecule has 42 heavy (non-hydrogen) atoms. The molecule has 1 aromatic heterocycles. The van der Waals surface area contributed by atoms with Gasteiger partial charge in [-0.25, -0.2) is 18.2 Å². The van der Waals surface area contributed by atoms with E-state index in [0.717, 1.165) is 39.1 Å². The molecule has 2 heterocycles. The van der Waals surface area contributed by atoms with Crippen molar-refractivity contribution in [1.82, 2.24) is 9.99 Å². The zero-order valence-electron chi connectivity index (χ0n) is 23.7. The van der Waals surface area contributed by atoms with E-state index in [0.29, 0.717) is 12.4 Å². The number of sulfonamides is 1. The molecule has 4 aromatic rings. The van der Waals surface area contributed by atoms with E-state index in [1.807, 2.05) is 19.9 Å². The summed E-state index contributed by atoms with van der Waals surface area (Å²) in [7, 11) is -4.26. The van der Waals surface area contributed by atoms with Gasteiger partial charge in [-0.2, -0.15) is 5.10 Å². The SMILES string of the molecule is Cc1ccc(-n2c(C)cc(/C=N\NC(=O)CN(c3ccc(F)cc3)S(=O)(=O)c3ccc4c(c3)OCCO4)c2C)cc1C. The van der Waals surface area contributed by atoms with Gasteiger partial charge in [-0.3, -0.25) is 9.10 Å². The molecular weight excluding hydrogens is 559 g/mol. The lowest BCUT2D eigenvalue weighted by atomic mass is 10.1. The average Bonchev–Trinajstić information content (AvgIpc) is 3.25. The number of halogens is 1. The normalized spacial score (nSPS) is 12.9. The standard InChI is InChI=1S/C31H31FN4O5S/c1-20-5-8-27(15-21(20)2)36-22(3)16-24(23(36)4)18-33-34-31(37)19-35(26-9-6-25(32)7-10-26)42(38,39)28-11-12-29-30(17-28)41-14-13-40-29/h5-12,15-18H,13-14,19H2,1-4H3,(H,34,37)/b33-18-. The number of rotatable bonds is 8. The molecule has 0 radical (unpaired) electrons. The fourth-order valence-electron chi connectivity index (χ4n) is 4.75. The molecule has 0 spiro atoms. The molecule has 11 heteroatoms. The van der Waals surface area contributed by atoms with Crippen LogP contribution in [0.25, 0.3) is 5.69 Å². The molecule has 0 bridgehead atoms. The van der Waals surface area contributed by atoms with Crippen LogP contribution in [0.2, 0.25) is 0 Å². The monoisotopic (exact) mass is 590 g/mol. The molecule has 1 aliphatic rings. The van der Waals surface area contributed by atoms with Gasteiger partial charge in [0.15, 0.2) is 11.5 Å². The number of nitrogens with one attached hydrogen (secondary N) is 1. The van der Waals surface area contributed by atoms with Gasteiger partial charge >= 0.3 is 0 Å². The molecule has 0 fully saturated rings. The molecule has 0 saturated heterocycles. The van der Waals surface area contributed by atoms with Crippen molar-refractivity contribution in [3.05, 3.63) is 101 Å². The third-order valence-corrected chi connectivity index (χ3v) is 8.89. The third-order valence-electron chi connectivity index (χ3n) is 7.12. The number of carbonyl (C=O) groups excluding carboxylic acids is 1. The second kappa shape index (κ2) is 11.7. The predicted octanol–water partition coefficient (Wildman–Crippen LogP) is 4.97. The number of amides is 1. The third kappa shape index (κ3) is 5.87. The Bertz CT molecular complexity index is 1780. The van der Waals surface area contributed by atoms with Gasteiger partial charge in [0.2, 0.25) is 0 Å². The minimum atomic E-state index is -4.26. The van der Waals surface area contributed by atoms with Gasteiger partial charge in [0, 0.05) is 28.7 Å². The highest BCUT2D eigenvalue weighted by molar-refractivity contribution is 7.92. The summed E-state index contributed by atoms with van der Waals surface area (Å²) in [4.78, 5) is 12.9. The molecule has 0 aliphatic carbocycles. The van der Waals surface area contributed by atoms with E-state index in [1.54, 1.807) is 0 Å².